The van der Waals surface area contributed by atoms with E-state index in [1.165, 1.54) is 43.4 Å². The lowest BCUT2D eigenvalue weighted by Gasteiger charge is -2.45. The van der Waals surface area contributed by atoms with E-state index in [9.17, 15) is 0 Å². The van der Waals surface area contributed by atoms with Crippen molar-refractivity contribution in [3.63, 3.8) is 0 Å². The van der Waals surface area contributed by atoms with Crippen molar-refractivity contribution >= 4 is 11.3 Å². The number of rotatable bonds is 8. The predicted molar refractivity (Wildman–Crippen MR) is 92.1 cm³/mol. The molecule has 3 heteroatoms. The summed E-state index contributed by atoms with van der Waals surface area (Å²) in [4.78, 5) is 1.49. The van der Waals surface area contributed by atoms with Crippen LogP contribution in [0.25, 0.3) is 0 Å². The van der Waals surface area contributed by atoms with Crippen molar-refractivity contribution in [1.82, 2.24) is 5.32 Å². The second-order valence-corrected chi connectivity index (χ2v) is 7.46. The molecule has 0 spiro atoms. The average molecular weight is 310 g/mol. The van der Waals surface area contributed by atoms with Crippen molar-refractivity contribution in [2.24, 2.45) is 5.92 Å². The van der Waals surface area contributed by atoms with Crippen molar-refractivity contribution in [2.75, 3.05) is 13.2 Å². The molecule has 1 saturated carbocycles. The number of likely N-dealkylation sites (N-methyl/N-ethyl adjacent to an activating group) is 1. The molecule has 21 heavy (non-hydrogen) atoms. The van der Waals surface area contributed by atoms with Crippen molar-refractivity contribution in [3.05, 3.63) is 22.4 Å². The average Bonchev–Trinajstić information content (AvgIpc) is 2.97. The Kier molecular flexibility index (Phi) is 6.72. The predicted octanol–water partition coefficient (Wildman–Crippen LogP) is 4.64. The molecule has 1 aromatic heterocycles. The highest BCUT2D eigenvalue weighted by Gasteiger charge is 2.42. The van der Waals surface area contributed by atoms with Crippen molar-refractivity contribution in [1.29, 1.82) is 0 Å². The smallest absolute Gasteiger partial charge is 0.0837 e. The number of hydrogen-bond donors (Lipinski definition) is 1. The Labute approximate surface area is 134 Å². The number of thiophene rings is 1. The molecule has 1 heterocycles. The molecule has 3 unspecified atom stereocenters. The molecule has 0 aliphatic heterocycles. The van der Waals surface area contributed by atoms with Crippen LogP contribution in [0.3, 0.4) is 0 Å². The van der Waals surface area contributed by atoms with Gasteiger partial charge in [0.25, 0.3) is 0 Å². The van der Waals surface area contributed by atoms with Crippen LogP contribution in [0.2, 0.25) is 0 Å². The van der Waals surface area contributed by atoms with E-state index >= 15 is 0 Å². The van der Waals surface area contributed by atoms with E-state index in [0.29, 0.717) is 6.04 Å². The van der Waals surface area contributed by atoms with E-state index in [2.05, 4.69) is 43.6 Å². The highest BCUT2D eigenvalue weighted by Crippen LogP contribution is 2.39. The van der Waals surface area contributed by atoms with Crippen LogP contribution in [-0.4, -0.2) is 24.8 Å². The lowest BCUT2D eigenvalue weighted by Crippen LogP contribution is -2.55. The SMILES string of the molecule is CCNC(CCc1cccs1)C1(OCC)CCCC(C)C1. The highest BCUT2D eigenvalue weighted by atomic mass is 32.1. The normalized spacial score (nSPS) is 27.7. The molecule has 1 aliphatic rings. The molecule has 3 atom stereocenters. The Balaban J connectivity index is 2.07. The van der Waals surface area contributed by atoms with Crippen LogP contribution in [0.5, 0.6) is 0 Å². The van der Waals surface area contributed by atoms with Crippen LogP contribution in [-0.2, 0) is 11.2 Å². The van der Waals surface area contributed by atoms with E-state index in [-0.39, 0.29) is 5.60 Å². The monoisotopic (exact) mass is 309 g/mol. The van der Waals surface area contributed by atoms with Gasteiger partial charge in [-0.15, -0.1) is 11.3 Å². The van der Waals surface area contributed by atoms with Crippen molar-refractivity contribution in [2.45, 2.75) is 70.9 Å². The van der Waals surface area contributed by atoms with Gasteiger partial charge in [-0.05, 0) is 56.5 Å². The van der Waals surface area contributed by atoms with Gasteiger partial charge in [-0.25, -0.2) is 0 Å². The fourth-order valence-corrected chi connectivity index (χ4v) is 4.64. The molecular weight excluding hydrogens is 278 g/mol. The van der Waals surface area contributed by atoms with E-state index in [1.807, 2.05) is 11.3 Å². The molecule has 1 aliphatic carbocycles. The Morgan fingerprint density at radius 1 is 1.48 bits per heavy atom. The lowest BCUT2D eigenvalue weighted by atomic mass is 9.73. The van der Waals surface area contributed by atoms with Crippen LogP contribution in [0.15, 0.2) is 17.5 Å². The number of nitrogens with one attached hydrogen (secondary N) is 1. The maximum absolute atomic E-state index is 6.37. The Morgan fingerprint density at radius 2 is 2.33 bits per heavy atom. The molecule has 2 rings (SSSR count). The van der Waals surface area contributed by atoms with Gasteiger partial charge >= 0.3 is 0 Å². The second-order valence-electron chi connectivity index (χ2n) is 6.43. The first kappa shape index (κ1) is 17.0. The van der Waals surface area contributed by atoms with E-state index in [1.54, 1.807) is 0 Å². The number of hydrogen-bond acceptors (Lipinski definition) is 3. The molecule has 120 valence electrons. The minimum absolute atomic E-state index is 0.0552. The van der Waals surface area contributed by atoms with Crippen LogP contribution in [0, 0.1) is 5.92 Å². The second kappa shape index (κ2) is 8.30. The summed E-state index contributed by atoms with van der Waals surface area (Å²) in [5.74, 6) is 0.785. The Hall–Kier alpha value is -0.380. The van der Waals surface area contributed by atoms with Gasteiger partial charge < -0.3 is 10.1 Å². The summed E-state index contributed by atoms with van der Waals surface area (Å²) in [5.41, 5.74) is 0.0552. The van der Waals surface area contributed by atoms with Crippen LogP contribution >= 0.6 is 11.3 Å². The third-order valence-electron chi connectivity index (χ3n) is 4.77. The molecule has 2 nitrogen and oxygen atoms in total. The highest BCUT2D eigenvalue weighted by molar-refractivity contribution is 7.09. The fraction of sp³-hybridized carbons (Fsp3) is 0.778. The van der Waals surface area contributed by atoms with Gasteiger partial charge in [0.15, 0.2) is 0 Å². The van der Waals surface area contributed by atoms with E-state index in [4.69, 9.17) is 4.74 Å². The zero-order valence-electron chi connectivity index (χ0n) is 13.9. The van der Waals surface area contributed by atoms with E-state index < -0.39 is 0 Å². The van der Waals surface area contributed by atoms with Crippen LogP contribution in [0.4, 0.5) is 0 Å². The molecule has 0 amide bonds. The molecule has 0 aromatic carbocycles. The molecular formula is C18H31NOS. The fourth-order valence-electron chi connectivity index (χ4n) is 3.92. The topological polar surface area (TPSA) is 21.3 Å². The summed E-state index contributed by atoms with van der Waals surface area (Å²) in [5, 5.41) is 5.92. The number of aryl methyl sites for hydroxylation is 1. The maximum atomic E-state index is 6.37. The van der Waals surface area contributed by atoms with E-state index in [0.717, 1.165) is 19.1 Å². The summed E-state index contributed by atoms with van der Waals surface area (Å²) in [6.07, 6.45) is 7.44. The number of ether oxygens (including phenoxy) is 1. The largest absolute Gasteiger partial charge is 0.374 e. The van der Waals surface area contributed by atoms with Gasteiger partial charge in [0.2, 0.25) is 0 Å². The van der Waals surface area contributed by atoms with Gasteiger partial charge in [-0.1, -0.05) is 32.8 Å². The standard InChI is InChI=1S/C18H31NOS/c1-4-19-17(11-10-16-9-7-13-21-16)18(20-5-2)12-6-8-15(3)14-18/h7,9,13,15,17,19H,4-6,8,10-12,14H2,1-3H3. The van der Waals surface area contributed by atoms with Crippen LogP contribution in [0.1, 0.15) is 57.8 Å². The van der Waals surface area contributed by atoms with Crippen LogP contribution < -0.4 is 5.32 Å². The van der Waals surface area contributed by atoms with Crippen molar-refractivity contribution < 1.29 is 4.74 Å². The van der Waals surface area contributed by atoms with Gasteiger partial charge in [0, 0.05) is 17.5 Å². The quantitative estimate of drug-likeness (QED) is 0.755. The molecule has 1 N–H and O–H groups in total. The Bertz CT molecular complexity index is 388. The third-order valence-corrected chi connectivity index (χ3v) is 5.70. The first-order valence-electron chi connectivity index (χ1n) is 8.60. The maximum Gasteiger partial charge on any atom is 0.0837 e. The van der Waals surface area contributed by atoms with Crippen molar-refractivity contribution in [3.8, 4) is 0 Å². The Morgan fingerprint density at radius 3 is 2.95 bits per heavy atom. The van der Waals surface area contributed by atoms with Gasteiger partial charge in [-0.3, -0.25) is 0 Å². The minimum Gasteiger partial charge on any atom is -0.374 e. The van der Waals surface area contributed by atoms with Gasteiger partial charge in [0.05, 0.1) is 5.60 Å². The molecule has 1 aromatic rings. The first-order valence-corrected chi connectivity index (χ1v) is 9.48. The van der Waals surface area contributed by atoms with Gasteiger partial charge in [0.1, 0.15) is 0 Å². The zero-order valence-corrected chi connectivity index (χ0v) is 14.7. The third kappa shape index (κ3) is 4.54. The lowest BCUT2D eigenvalue weighted by molar-refractivity contribution is -0.101. The summed E-state index contributed by atoms with van der Waals surface area (Å²) >= 11 is 1.87. The molecule has 0 saturated heterocycles. The molecule has 0 bridgehead atoms. The van der Waals surface area contributed by atoms with Gasteiger partial charge in [-0.2, -0.15) is 0 Å². The zero-order chi connectivity index (χ0) is 15.1. The summed E-state index contributed by atoms with van der Waals surface area (Å²) in [7, 11) is 0. The minimum atomic E-state index is 0.0552. The summed E-state index contributed by atoms with van der Waals surface area (Å²) in [6.45, 7) is 8.59. The summed E-state index contributed by atoms with van der Waals surface area (Å²) < 4.78 is 6.37. The first-order chi connectivity index (χ1) is 10.2. The summed E-state index contributed by atoms with van der Waals surface area (Å²) in [6, 6.07) is 4.89. The molecule has 1 fully saturated rings. The molecule has 0 radical (unpaired) electrons.